The topological polar surface area (TPSA) is 49.3 Å². The molecule has 0 saturated carbocycles. The lowest BCUT2D eigenvalue weighted by atomic mass is 10.0. The lowest BCUT2D eigenvalue weighted by Crippen LogP contribution is -2.18. The summed E-state index contributed by atoms with van der Waals surface area (Å²) in [5.41, 5.74) is 1.22. The van der Waals surface area contributed by atoms with Crippen LogP contribution in [0.4, 0.5) is 8.78 Å². The number of nitrogens with one attached hydrogen (secondary N) is 1. The minimum absolute atomic E-state index is 0.193. The molecule has 0 spiro atoms. The molecule has 0 radical (unpaired) electrons. The molecule has 0 atom stereocenters. The third-order valence-corrected chi connectivity index (χ3v) is 3.17. The van der Waals surface area contributed by atoms with Crippen LogP contribution in [0, 0.1) is 11.6 Å². The maximum absolute atomic E-state index is 13.4. The summed E-state index contributed by atoms with van der Waals surface area (Å²) in [5.74, 6) is -2.69. The van der Waals surface area contributed by atoms with Gasteiger partial charge in [-0.25, -0.2) is 13.6 Å². The molecule has 0 unspecified atom stereocenters. The van der Waals surface area contributed by atoms with Crippen molar-refractivity contribution in [3.63, 3.8) is 0 Å². The van der Waals surface area contributed by atoms with E-state index in [1.54, 1.807) is 24.3 Å². The van der Waals surface area contributed by atoms with Crippen LogP contribution in [0.5, 0.6) is 0 Å². The van der Waals surface area contributed by atoms with Crippen LogP contribution in [0.15, 0.2) is 42.5 Å². The number of benzene rings is 2. The van der Waals surface area contributed by atoms with Crippen LogP contribution < -0.4 is 5.32 Å². The molecule has 0 amide bonds. The fraction of sp³-hybridized carbons (Fsp3) is 0.188. The fourth-order valence-corrected chi connectivity index (χ4v) is 2.08. The van der Waals surface area contributed by atoms with Crippen LogP contribution in [0.1, 0.15) is 21.5 Å². The highest BCUT2D eigenvalue weighted by atomic mass is 19.2. The van der Waals surface area contributed by atoms with E-state index in [4.69, 9.17) is 5.11 Å². The second-order valence-corrected chi connectivity index (χ2v) is 4.60. The third-order valence-electron chi connectivity index (χ3n) is 3.17. The number of aromatic carboxylic acids is 1. The zero-order valence-electron chi connectivity index (χ0n) is 11.3. The Bertz CT molecular complexity index is 644. The van der Waals surface area contributed by atoms with E-state index in [-0.39, 0.29) is 17.7 Å². The zero-order valence-corrected chi connectivity index (χ0v) is 11.3. The molecular formula is C16H15F2NO2. The maximum Gasteiger partial charge on any atom is 0.335 e. The van der Waals surface area contributed by atoms with Crippen molar-refractivity contribution in [2.24, 2.45) is 0 Å². The molecule has 110 valence electrons. The quantitative estimate of drug-likeness (QED) is 0.804. The van der Waals surface area contributed by atoms with Gasteiger partial charge in [0.25, 0.3) is 0 Å². The van der Waals surface area contributed by atoms with Gasteiger partial charge in [-0.15, -0.1) is 0 Å². The highest BCUT2D eigenvalue weighted by molar-refractivity contribution is 5.89. The Hall–Kier alpha value is -2.27. The molecule has 0 heterocycles. The second kappa shape index (κ2) is 6.95. The van der Waals surface area contributed by atoms with Gasteiger partial charge in [0.1, 0.15) is 0 Å². The van der Waals surface area contributed by atoms with Gasteiger partial charge < -0.3 is 10.4 Å². The van der Waals surface area contributed by atoms with Crippen molar-refractivity contribution in [3.05, 3.63) is 70.8 Å². The Morgan fingerprint density at radius 2 is 1.76 bits per heavy atom. The second-order valence-electron chi connectivity index (χ2n) is 4.60. The molecule has 2 N–H and O–H groups in total. The minimum Gasteiger partial charge on any atom is -0.478 e. The van der Waals surface area contributed by atoms with Gasteiger partial charge in [0.05, 0.1) is 5.56 Å². The molecule has 0 aliphatic rings. The number of carbonyl (C=O) groups is 1. The van der Waals surface area contributed by atoms with Gasteiger partial charge >= 0.3 is 5.97 Å². The Morgan fingerprint density at radius 3 is 2.52 bits per heavy atom. The van der Waals surface area contributed by atoms with Crippen LogP contribution in [-0.4, -0.2) is 17.6 Å². The number of hydrogen-bond acceptors (Lipinski definition) is 2. The van der Waals surface area contributed by atoms with Gasteiger partial charge in [0.2, 0.25) is 0 Å². The SMILES string of the molecule is O=C(O)c1ccccc1CCNCc1cccc(F)c1F. The van der Waals surface area contributed by atoms with E-state index < -0.39 is 17.6 Å². The first kappa shape index (κ1) is 15.1. The predicted octanol–water partition coefficient (Wildman–Crippen LogP) is 3.00. The van der Waals surface area contributed by atoms with Crippen molar-refractivity contribution in [3.8, 4) is 0 Å². The first-order valence-corrected chi connectivity index (χ1v) is 6.54. The Morgan fingerprint density at radius 1 is 1.05 bits per heavy atom. The first-order valence-electron chi connectivity index (χ1n) is 6.54. The largest absolute Gasteiger partial charge is 0.478 e. The van der Waals surface area contributed by atoms with Gasteiger partial charge in [-0.3, -0.25) is 0 Å². The third kappa shape index (κ3) is 3.86. The molecule has 21 heavy (non-hydrogen) atoms. The summed E-state index contributed by atoms with van der Waals surface area (Å²) in [7, 11) is 0. The molecule has 0 aromatic heterocycles. The van der Waals surface area contributed by atoms with Crippen molar-refractivity contribution >= 4 is 5.97 Å². The van der Waals surface area contributed by atoms with Gasteiger partial charge in [-0.2, -0.15) is 0 Å². The molecule has 2 aromatic rings. The van der Waals surface area contributed by atoms with Crippen LogP contribution in [0.3, 0.4) is 0 Å². The highest BCUT2D eigenvalue weighted by Gasteiger charge is 2.09. The summed E-state index contributed by atoms with van der Waals surface area (Å²) in [6.07, 6.45) is 0.499. The van der Waals surface area contributed by atoms with E-state index in [1.165, 1.54) is 12.1 Å². The predicted molar refractivity (Wildman–Crippen MR) is 75.2 cm³/mol. The standard InChI is InChI=1S/C16H15F2NO2/c17-14-7-3-5-12(15(14)18)10-19-9-8-11-4-1-2-6-13(11)16(20)21/h1-7,19H,8-10H2,(H,20,21). The van der Waals surface area contributed by atoms with E-state index in [0.717, 1.165) is 6.07 Å². The normalized spacial score (nSPS) is 10.6. The summed E-state index contributed by atoms with van der Waals surface area (Å²) in [6.45, 7) is 0.666. The molecule has 2 rings (SSSR count). The molecule has 2 aromatic carbocycles. The van der Waals surface area contributed by atoms with Crippen molar-refractivity contribution in [2.75, 3.05) is 6.54 Å². The van der Waals surface area contributed by atoms with Gasteiger partial charge in [0.15, 0.2) is 11.6 Å². The Labute approximate surface area is 121 Å². The molecular weight excluding hydrogens is 276 g/mol. The molecule has 0 fully saturated rings. The minimum atomic E-state index is -0.971. The average molecular weight is 291 g/mol. The average Bonchev–Trinajstić information content (AvgIpc) is 2.48. The van der Waals surface area contributed by atoms with Crippen molar-refractivity contribution in [1.82, 2.24) is 5.32 Å². The summed E-state index contributed by atoms with van der Waals surface area (Å²) in [5, 5.41) is 12.0. The number of carboxylic acids is 1. The maximum atomic E-state index is 13.4. The molecule has 0 aliphatic carbocycles. The van der Waals surface area contributed by atoms with E-state index in [1.807, 2.05) is 0 Å². The summed E-state index contributed by atoms with van der Waals surface area (Å²) in [4.78, 5) is 11.0. The lowest BCUT2D eigenvalue weighted by Gasteiger charge is -2.08. The lowest BCUT2D eigenvalue weighted by molar-refractivity contribution is 0.0695. The first-order chi connectivity index (χ1) is 10.1. The van der Waals surface area contributed by atoms with E-state index in [2.05, 4.69) is 5.32 Å². The highest BCUT2D eigenvalue weighted by Crippen LogP contribution is 2.12. The number of rotatable bonds is 6. The number of halogens is 2. The van der Waals surface area contributed by atoms with E-state index >= 15 is 0 Å². The van der Waals surface area contributed by atoms with Crippen molar-refractivity contribution in [1.29, 1.82) is 0 Å². The molecule has 0 bridgehead atoms. The van der Waals surface area contributed by atoms with E-state index in [9.17, 15) is 13.6 Å². The van der Waals surface area contributed by atoms with Gasteiger partial charge in [0, 0.05) is 12.1 Å². The van der Waals surface area contributed by atoms with E-state index in [0.29, 0.717) is 18.5 Å². The molecule has 0 aliphatic heterocycles. The zero-order chi connectivity index (χ0) is 15.2. The Kier molecular flexibility index (Phi) is 5.00. The fourth-order valence-electron chi connectivity index (χ4n) is 2.08. The summed E-state index contributed by atoms with van der Waals surface area (Å²) < 4.78 is 26.5. The molecule has 5 heteroatoms. The Balaban J connectivity index is 1.91. The van der Waals surface area contributed by atoms with Crippen molar-refractivity contribution < 1.29 is 18.7 Å². The van der Waals surface area contributed by atoms with Crippen LogP contribution >= 0.6 is 0 Å². The van der Waals surface area contributed by atoms with Crippen molar-refractivity contribution in [2.45, 2.75) is 13.0 Å². The van der Waals surface area contributed by atoms with Crippen LogP contribution in [0.25, 0.3) is 0 Å². The van der Waals surface area contributed by atoms with Crippen LogP contribution in [-0.2, 0) is 13.0 Å². The molecule has 0 saturated heterocycles. The molecule has 3 nitrogen and oxygen atoms in total. The summed E-state index contributed by atoms with van der Waals surface area (Å²) >= 11 is 0. The van der Waals surface area contributed by atoms with Crippen LogP contribution in [0.2, 0.25) is 0 Å². The summed E-state index contributed by atoms with van der Waals surface area (Å²) in [6, 6.07) is 10.8. The smallest absolute Gasteiger partial charge is 0.335 e. The monoisotopic (exact) mass is 291 g/mol. The van der Waals surface area contributed by atoms with Gasteiger partial charge in [-0.05, 0) is 30.7 Å². The number of hydrogen-bond donors (Lipinski definition) is 2. The van der Waals surface area contributed by atoms with Gasteiger partial charge in [-0.1, -0.05) is 30.3 Å². The number of carboxylic acid groups (broad SMARTS) is 1.